The summed E-state index contributed by atoms with van der Waals surface area (Å²) in [5, 5.41) is 6.93. The number of aryl methyl sites for hydroxylation is 1. The Bertz CT molecular complexity index is 497. The number of nitrogens with zero attached hydrogens (tertiary/aromatic N) is 3. The predicted molar refractivity (Wildman–Crippen MR) is 80.8 cm³/mol. The van der Waals surface area contributed by atoms with Crippen molar-refractivity contribution in [2.24, 2.45) is 0 Å². The van der Waals surface area contributed by atoms with E-state index < -0.39 is 0 Å². The highest BCUT2D eigenvalue weighted by molar-refractivity contribution is 7.05. The molecule has 7 heteroatoms. The first-order valence-electron chi connectivity index (χ1n) is 7.37. The molecule has 1 aliphatic rings. The van der Waals surface area contributed by atoms with Gasteiger partial charge in [0.25, 0.3) is 0 Å². The van der Waals surface area contributed by atoms with Crippen molar-refractivity contribution in [2.75, 3.05) is 7.05 Å². The largest absolute Gasteiger partial charge is 0.353 e. The Balaban J connectivity index is 1.70. The Morgan fingerprint density at radius 3 is 2.67 bits per heavy atom. The highest BCUT2D eigenvalue weighted by atomic mass is 32.1. The molecule has 6 nitrogen and oxygen atoms in total. The van der Waals surface area contributed by atoms with Crippen molar-refractivity contribution in [2.45, 2.75) is 58.0 Å². The Hall–Kier alpha value is -1.50. The third-order valence-electron chi connectivity index (χ3n) is 3.84. The molecule has 2 rings (SSSR count). The smallest absolute Gasteiger partial charge is 0.223 e. The molecule has 0 aliphatic heterocycles. The summed E-state index contributed by atoms with van der Waals surface area (Å²) in [5.41, 5.74) is 0.860. The Morgan fingerprint density at radius 1 is 1.33 bits per heavy atom. The molecule has 1 N–H and O–H groups in total. The van der Waals surface area contributed by atoms with E-state index in [0.29, 0.717) is 12.6 Å². The van der Waals surface area contributed by atoms with Gasteiger partial charge in [-0.3, -0.25) is 9.59 Å². The fourth-order valence-corrected chi connectivity index (χ4v) is 3.17. The molecule has 2 amide bonds. The summed E-state index contributed by atoms with van der Waals surface area (Å²) in [6.45, 7) is 2.39. The molecule has 0 spiro atoms. The second kappa shape index (κ2) is 7.49. The first kappa shape index (κ1) is 15.9. The van der Waals surface area contributed by atoms with E-state index in [1.54, 1.807) is 11.9 Å². The molecule has 0 radical (unpaired) electrons. The van der Waals surface area contributed by atoms with Crippen LogP contribution < -0.4 is 5.32 Å². The van der Waals surface area contributed by atoms with Crippen LogP contribution in [0.1, 0.15) is 49.1 Å². The molecule has 1 aliphatic carbocycles. The SMILES string of the molecule is Cc1nnsc1CN(C)C(=O)CCC(=O)NC1CCCC1. The molecule has 0 unspecified atom stereocenters. The predicted octanol–water partition coefficient (Wildman–Crippen LogP) is 1.64. The van der Waals surface area contributed by atoms with Crippen molar-refractivity contribution in [3.8, 4) is 0 Å². The van der Waals surface area contributed by atoms with Crippen LogP contribution in [0.5, 0.6) is 0 Å². The quantitative estimate of drug-likeness (QED) is 0.867. The number of rotatable bonds is 6. The minimum Gasteiger partial charge on any atom is -0.353 e. The van der Waals surface area contributed by atoms with Gasteiger partial charge in [-0.1, -0.05) is 17.3 Å². The van der Waals surface area contributed by atoms with Gasteiger partial charge >= 0.3 is 0 Å². The topological polar surface area (TPSA) is 75.2 Å². The number of hydrogen-bond acceptors (Lipinski definition) is 5. The second-order valence-electron chi connectivity index (χ2n) is 5.58. The lowest BCUT2D eigenvalue weighted by Gasteiger charge is -2.17. The molecule has 0 bridgehead atoms. The van der Waals surface area contributed by atoms with Gasteiger partial charge in [-0.2, -0.15) is 0 Å². The van der Waals surface area contributed by atoms with E-state index >= 15 is 0 Å². The Kier molecular flexibility index (Phi) is 5.67. The zero-order valence-electron chi connectivity index (χ0n) is 12.6. The van der Waals surface area contributed by atoms with E-state index in [0.717, 1.165) is 23.4 Å². The monoisotopic (exact) mass is 310 g/mol. The highest BCUT2D eigenvalue weighted by Crippen LogP contribution is 2.18. The van der Waals surface area contributed by atoms with E-state index in [2.05, 4.69) is 14.9 Å². The summed E-state index contributed by atoms with van der Waals surface area (Å²) in [6.07, 6.45) is 5.03. The fraction of sp³-hybridized carbons (Fsp3) is 0.714. The van der Waals surface area contributed by atoms with Crippen LogP contribution in [-0.2, 0) is 16.1 Å². The van der Waals surface area contributed by atoms with Gasteiger partial charge in [0.15, 0.2) is 0 Å². The van der Waals surface area contributed by atoms with Crippen LogP contribution in [0.2, 0.25) is 0 Å². The van der Waals surface area contributed by atoms with Crippen LogP contribution in [0.4, 0.5) is 0 Å². The molecule has 0 aromatic carbocycles. The lowest BCUT2D eigenvalue weighted by molar-refractivity contribution is -0.133. The summed E-state index contributed by atoms with van der Waals surface area (Å²) in [5.74, 6) is -0.0383. The van der Waals surface area contributed by atoms with Crippen LogP contribution in [0.3, 0.4) is 0 Å². The zero-order valence-corrected chi connectivity index (χ0v) is 13.4. The molecule has 1 saturated carbocycles. The molecule has 1 heterocycles. The number of aromatic nitrogens is 2. The fourth-order valence-electron chi connectivity index (χ4n) is 2.48. The third kappa shape index (κ3) is 4.77. The maximum Gasteiger partial charge on any atom is 0.223 e. The minimum absolute atomic E-state index is 0.0145. The second-order valence-corrected chi connectivity index (χ2v) is 6.42. The van der Waals surface area contributed by atoms with Crippen LogP contribution in [0.15, 0.2) is 0 Å². The molecule has 1 fully saturated rings. The van der Waals surface area contributed by atoms with Crippen molar-refractivity contribution in [3.05, 3.63) is 10.6 Å². The molecular weight excluding hydrogens is 288 g/mol. The summed E-state index contributed by atoms with van der Waals surface area (Å²) in [7, 11) is 1.75. The average molecular weight is 310 g/mol. The number of carbonyl (C=O) groups is 2. The molecule has 0 atom stereocenters. The van der Waals surface area contributed by atoms with Gasteiger partial charge in [0.1, 0.15) is 0 Å². The zero-order chi connectivity index (χ0) is 15.2. The lowest BCUT2D eigenvalue weighted by atomic mass is 10.2. The maximum atomic E-state index is 12.0. The number of amides is 2. The van der Waals surface area contributed by atoms with Crippen LogP contribution in [-0.4, -0.2) is 39.4 Å². The molecule has 21 heavy (non-hydrogen) atoms. The van der Waals surface area contributed by atoms with Gasteiger partial charge in [0, 0.05) is 25.9 Å². The molecular formula is C14H22N4O2S. The molecule has 116 valence electrons. The highest BCUT2D eigenvalue weighted by Gasteiger charge is 2.18. The van der Waals surface area contributed by atoms with Crippen molar-refractivity contribution < 1.29 is 9.59 Å². The van der Waals surface area contributed by atoms with Crippen LogP contribution in [0, 0.1) is 6.92 Å². The summed E-state index contributed by atoms with van der Waals surface area (Å²) in [4.78, 5) is 26.4. The summed E-state index contributed by atoms with van der Waals surface area (Å²) < 4.78 is 3.86. The molecule has 0 saturated heterocycles. The van der Waals surface area contributed by atoms with Gasteiger partial charge in [-0.25, -0.2) is 0 Å². The van der Waals surface area contributed by atoms with Crippen LogP contribution in [0.25, 0.3) is 0 Å². The van der Waals surface area contributed by atoms with Gasteiger partial charge in [-0.05, 0) is 31.3 Å². The number of hydrogen-bond donors (Lipinski definition) is 1. The van der Waals surface area contributed by atoms with Crippen molar-refractivity contribution in [3.63, 3.8) is 0 Å². The number of carbonyl (C=O) groups excluding carboxylic acids is 2. The molecule has 1 aromatic rings. The van der Waals surface area contributed by atoms with Gasteiger partial charge in [0.2, 0.25) is 11.8 Å². The lowest BCUT2D eigenvalue weighted by Crippen LogP contribution is -2.34. The van der Waals surface area contributed by atoms with E-state index in [4.69, 9.17) is 0 Å². The first-order chi connectivity index (χ1) is 10.1. The van der Waals surface area contributed by atoms with E-state index in [1.165, 1.54) is 24.4 Å². The van der Waals surface area contributed by atoms with Gasteiger partial charge in [-0.15, -0.1) is 5.10 Å². The first-order valence-corrected chi connectivity index (χ1v) is 8.14. The van der Waals surface area contributed by atoms with Gasteiger partial charge < -0.3 is 10.2 Å². The van der Waals surface area contributed by atoms with Crippen molar-refractivity contribution in [1.82, 2.24) is 19.8 Å². The average Bonchev–Trinajstić information content (AvgIpc) is 3.09. The van der Waals surface area contributed by atoms with Crippen molar-refractivity contribution >= 4 is 23.3 Å². The Morgan fingerprint density at radius 2 is 2.05 bits per heavy atom. The van der Waals surface area contributed by atoms with Crippen molar-refractivity contribution in [1.29, 1.82) is 0 Å². The standard InChI is InChI=1S/C14H22N4O2S/c1-10-12(21-17-16-10)9-18(2)14(20)8-7-13(19)15-11-5-3-4-6-11/h11H,3-9H2,1-2H3,(H,15,19). The van der Waals surface area contributed by atoms with Crippen LogP contribution >= 0.6 is 11.5 Å². The van der Waals surface area contributed by atoms with E-state index in [1.807, 2.05) is 6.92 Å². The number of nitrogens with one attached hydrogen (secondary N) is 1. The third-order valence-corrected chi connectivity index (χ3v) is 4.65. The van der Waals surface area contributed by atoms with Gasteiger partial charge in [0.05, 0.1) is 17.1 Å². The maximum absolute atomic E-state index is 12.0. The Labute approximate surface area is 129 Å². The minimum atomic E-state index is -0.0237. The summed E-state index contributed by atoms with van der Waals surface area (Å²) in [6, 6.07) is 0.316. The normalized spacial score (nSPS) is 15.1. The molecule has 1 aromatic heterocycles. The van der Waals surface area contributed by atoms with E-state index in [-0.39, 0.29) is 24.7 Å². The summed E-state index contributed by atoms with van der Waals surface area (Å²) >= 11 is 1.31. The van der Waals surface area contributed by atoms with E-state index in [9.17, 15) is 9.59 Å².